The van der Waals surface area contributed by atoms with Crippen LogP contribution in [0.5, 0.6) is 5.75 Å². The number of hydrazine groups is 1. The Morgan fingerprint density at radius 3 is 2.78 bits per heavy atom. The molecule has 0 spiro atoms. The molecule has 0 fully saturated rings. The number of aliphatic imine (C=N–C) groups is 1. The third-order valence-electron chi connectivity index (χ3n) is 2.12. The number of hydrogen-bond acceptors (Lipinski definition) is 4. The molecule has 0 atom stereocenters. The lowest BCUT2D eigenvalue weighted by Crippen LogP contribution is -2.36. The van der Waals surface area contributed by atoms with Crippen LogP contribution in [0.15, 0.2) is 27.7 Å². The zero-order chi connectivity index (χ0) is 13.4. The van der Waals surface area contributed by atoms with Crippen molar-refractivity contribution in [1.29, 1.82) is 0 Å². The van der Waals surface area contributed by atoms with Crippen LogP contribution in [0.1, 0.15) is 0 Å². The lowest BCUT2D eigenvalue weighted by Gasteiger charge is -2.11. The Hall–Kier alpha value is -1.31. The molecule has 6 nitrogen and oxygen atoms in total. The third kappa shape index (κ3) is 4.52. The molecule has 0 aliphatic carbocycles. The molecule has 0 aliphatic heterocycles. The second kappa shape index (κ2) is 7.91. The van der Waals surface area contributed by atoms with Crippen LogP contribution in [-0.4, -0.2) is 33.3 Å². The van der Waals surface area contributed by atoms with Crippen molar-refractivity contribution in [3.63, 3.8) is 0 Å². The molecule has 1 rings (SSSR count). The molecule has 0 radical (unpaired) electrons. The van der Waals surface area contributed by atoms with Gasteiger partial charge in [-0.05, 0) is 34.1 Å². The number of nitrogens with two attached hydrogens (primary N) is 1. The van der Waals surface area contributed by atoms with Gasteiger partial charge in [0.1, 0.15) is 5.75 Å². The van der Waals surface area contributed by atoms with E-state index >= 15 is 0 Å². The summed E-state index contributed by atoms with van der Waals surface area (Å²) in [7, 11) is 3.24. The fourth-order valence-electron chi connectivity index (χ4n) is 1.25. The number of ether oxygens (including phenoxy) is 2. The lowest BCUT2D eigenvalue weighted by atomic mass is 10.3. The first-order valence-electron chi connectivity index (χ1n) is 5.31. The maximum atomic E-state index is 5.38. The van der Waals surface area contributed by atoms with E-state index in [0.717, 1.165) is 15.9 Å². The van der Waals surface area contributed by atoms with Crippen LogP contribution >= 0.6 is 15.9 Å². The van der Waals surface area contributed by atoms with E-state index in [-0.39, 0.29) is 0 Å². The predicted octanol–water partition coefficient (Wildman–Crippen LogP) is 1.34. The molecule has 0 bridgehead atoms. The van der Waals surface area contributed by atoms with Gasteiger partial charge >= 0.3 is 0 Å². The van der Waals surface area contributed by atoms with Gasteiger partial charge in [-0.2, -0.15) is 0 Å². The van der Waals surface area contributed by atoms with Crippen molar-refractivity contribution < 1.29 is 9.47 Å². The summed E-state index contributed by atoms with van der Waals surface area (Å²) in [5, 5.41) is 3.05. The Balaban J connectivity index is 2.70. The highest BCUT2D eigenvalue weighted by molar-refractivity contribution is 9.10. The Kier molecular flexibility index (Phi) is 6.48. The standard InChI is InChI=1S/C11H17BrN4O2/c1-17-6-5-14-11(16-13)15-8-3-4-10(18-2)9(12)7-8/h3-4,7H,5-6,13H2,1-2H3,(H2,14,15,16). The average Bonchev–Trinajstić information content (AvgIpc) is 2.38. The van der Waals surface area contributed by atoms with Crippen molar-refractivity contribution in [2.24, 2.45) is 10.8 Å². The van der Waals surface area contributed by atoms with Crippen LogP contribution in [0, 0.1) is 0 Å². The molecule has 0 heterocycles. The summed E-state index contributed by atoms with van der Waals surface area (Å²) in [5.74, 6) is 6.62. The zero-order valence-electron chi connectivity index (χ0n) is 10.4. The van der Waals surface area contributed by atoms with Crippen molar-refractivity contribution in [2.45, 2.75) is 0 Å². The fraction of sp³-hybridized carbons (Fsp3) is 0.364. The normalized spacial score (nSPS) is 11.2. The minimum atomic E-state index is 0.476. The van der Waals surface area contributed by atoms with Gasteiger partial charge in [0.05, 0.1) is 24.7 Å². The number of methoxy groups -OCH3 is 2. The van der Waals surface area contributed by atoms with Gasteiger partial charge < -0.3 is 14.8 Å². The number of halogens is 1. The van der Waals surface area contributed by atoms with Crippen molar-refractivity contribution in [3.8, 4) is 5.75 Å². The van der Waals surface area contributed by atoms with Gasteiger partial charge in [0.15, 0.2) is 0 Å². The molecule has 0 saturated carbocycles. The second-order valence-corrected chi connectivity index (χ2v) is 4.20. The van der Waals surface area contributed by atoms with Gasteiger partial charge in [-0.25, -0.2) is 10.8 Å². The van der Waals surface area contributed by atoms with E-state index in [4.69, 9.17) is 15.3 Å². The van der Waals surface area contributed by atoms with E-state index in [9.17, 15) is 0 Å². The summed E-state index contributed by atoms with van der Waals surface area (Å²) in [6.07, 6.45) is 0. The highest BCUT2D eigenvalue weighted by atomic mass is 79.9. The first-order valence-corrected chi connectivity index (χ1v) is 6.11. The lowest BCUT2D eigenvalue weighted by molar-refractivity contribution is 0.208. The van der Waals surface area contributed by atoms with Gasteiger partial charge in [-0.1, -0.05) is 0 Å². The van der Waals surface area contributed by atoms with Crippen LogP contribution in [0.2, 0.25) is 0 Å². The predicted molar refractivity (Wildman–Crippen MR) is 75.8 cm³/mol. The molecular formula is C11H17BrN4O2. The Labute approximate surface area is 115 Å². The first-order chi connectivity index (χ1) is 8.71. The summed E-state index contributed by atoms with van der Waals surface area (Å²) < 4.78 is 10.9. The number of anilines is 1. The zero-order valence-corrected chi connectivity index (χ0v) is 12.0. The van der Waals surface area contributed by atoms with E-state index in [1.54, 1.807) is 14.2 Å². The summed E-state index contributed by atoms with van der Waals surface area (Å²) in [5.41, 5.74) is 3.34. The number of rotatable bonds is 5. The Morgan fingerprint density at radius 2 is 2.22 bits per heavy atom. The molecule has 0 unspecified atom stereocenters. The van der Waals surface area contributed by atoms with Crippen LogP contribution < -0.4 is 21.3 Å². The number of guanidine groups is 1. The molecule has 7 heteroatoms. The molecule has 1 aromatic carbocycles. The van der Waals surface area contributed by atoms with Gasteiger partial charge in [0.25, 0.3) is 0 Å². The third-order valence-corrected chi connectivity index (χ3v) is 2.74. The minimum Gasteiger partial charge on any atom is -0.496 e. The number of nitrogens with zero attached hydrogens (tertiary/aromatic N) is 1. The van der Waals surface area contributed by atoms with Crippen molar-refractivity contribution in [1.82, 2.24) is 5.43 Å². The highest BCUT2D eigenvalue weighted by Crippen LogP contribution is 2.27. The smallest absolute Gasteiger partial charge is 0.210 e. The molecule has 0 aliphatic rings. The van der Waals surface area contributed by atoms with E-state index < -0.39 is 0 Å². The molecule has 0 amide bonds. The van der Waals surface area contributed by atoms with Crippen LogP contribution in [0.3, 0.4) is 0 Å². The Bertz CT molecular complexity index is 412. The van der Waals surface area contributed by atoms with E-state index in [1.807, 2.05) is 18.2 Å². The van der Waals surface area contributed by atoms with E-state index in [0.29, 0.717) is 19.1 Å². The molecule has 4 N–H and O–H groups in total. The topological polar surface area (TPSA) is 80.9 Å². The molecule has 100 valence electrons. The van der Waals surface area contributed by atoms with Gasteiger partial charge in [0.2, 0.25) is 5.96 Å². The van der Waals surface area contributed by atoms with Crippen molar-refractivity contribution in [3.05, 3.63) is 22.7 Å². The molecule has 0 aromatic heterocycles. The van der Waals surface area contributed by atoms with Crippen molar-refractivity contribution >= 4 is 27.6 Å². The SMILES string of the molecule is COCCN=C(NN)Nc1ccc(OC)c(Br)c1. The van der Waals surface area contributed by atoms with E-state index in [2.05, 4.69) is 31.7 Å². The molecular weight excluding hydrogens is 300 g/mol. The quantitative estimate of drug-likeness (QED) is 0.251. The highest BCUT2D eigenvalue weighted by Gasteiger charge is 2.03. The second-order valence-electron chi connectivity index (χ2n) is 3.34. The molecule has 0 saturated heterocycles. The fourth-order valence-corrected chi connectivity index (χ4v) is 1.79. The van der Waals surface area contributed by atoms with Crippen LogP contribution in [0.4, 0.5) is 5.69 Å². The minimum absolute atomic E-state index is 0.476. The maximum Gasteiger partial charge on any atom is 0.210 e. The number of nitrogens with one attached hydrogen (secondary N) is 2. The summed E-state index contributed by atoms with van der Waals surface area (Å²) >= 11 is 3.41. The number of benzene rings is 1. The van der Waals surface area contributed by atoms with Gasteiger partial charge in [-0.3, -0.25) is 5.43 Å². The van der Waals surface area contributed by atoms with E-state index in [1.165, 1.54) is 0 Å². The largest absolute Gasteiger partial charge is 0.496 e. The molecule has 18 heavy (non-hydrogen) atoms. The van der Waals surface area contributed by atoms with Crippen LogP contribution in [0.25, 0.3) is 0 Å². The summed E-state index contributed by atoms with van der Waals surface area (Å²) in [6, 6.07) is 5.59. The average molecular weight is 317 g/mol. The molecule has 1 aromatic rings. The maximum absolute atomic E-state index is 5.38. The monoisotopic (exact) mass is 316 g/mol. The Morgan fingerprint density at radius 1 is 1.44 bits per heavy atom. The number of hydrogen-bond donors (Lipinski definition) is 3. The summed E-state index contributed by atoms with van der Waals surface area (Å²) in [6.45, 7) is 1.07. The van der Waals surface area contributed by atoms with Gasteiger partial charge in [0, 0.05) is 12.8 Å². The van der Waals surface area contributed by atoms with Crippen molar-refractivity contribution in [2.75, 3.05) is 32.7 Å². The van der Waals surface area contributed by atoms with Gasteiger partial charge in [-0.15, -0.1) is 0 Å². The van der Waals surface area contributed by atoms with Crippen LogP contribution in [-0.2, 0) is 4.74 Å². The summed E-state index contributed by atoms with van der Waals surface area (Å²) in [4.78, 5) is 4.20. The first kappa shape index (κ1) is 14.7.